The van der Waals surface area contributed by atoms with Crippen LogP contribution >= 0.6 is 0 Å². The van der Waals surface area contributed by atoms with Crippen LogP contribution in [0.2, 0.25) is 0 Å². The molecule has 0 saturated carbocycles. The first-order valence-corrected chi connectivity index (χ1v) is 8.68. The number of unbranched alkanes of at least 4 members (excludes halogenated alkanes) is 4. The van der Waals surface area contributed by atoms with Gasteiger partial charge >= 0.3 is 0 Å². The highest BCUT2D eigenvalue weighted by atomic mass is 15.2. The third-order valence-electron chi connectivity index (χ3n) is 4.65. The first-order valence-electron chi connectivity index (χ1n) is 8.68. The van der Waals surface area contributed by atoms with Crippen LogP contribution in [0, 0.1) is 0 Å². The molecule has 0 aliphatic carbocycles. The van der Waals surface area contributed by atoms with Gasteiger partial charge in [-0.3, -0.25) is 4.90 Å². The van der Waals surface area contributed by atoms with Gasteiger partial charge < -0.3 is 0 Å². The molecule has 0 saturated heterocycles. The van der Waals surface area contributed by atoms with Crippen molar-refractivity contribution in [1.82, 2.24) is 4.90 Å². The van der Waals surface area contributed by atoms with Gasteiger partial charge in [-0.2, -0.15) is 0 Å². The molecule has 0 bridgehead atoms. The molecule has 1 heterocycles. The zero-order valence-corrected chi connectivity index (χ0v) is 13.4. The first kappa shape index (κ1) is 15.6. The Morgan fingerprint density at radius 2 is 1.75 bits per heavy atom. The summed E-state index contributed by atoms with van der Waals surface area (Å²) in [4.78, 5) is 2.76. The highest BCUT2D eigenvalue weighted by Crippen LogP contribution is 2.33. The molecule has 1 aromatic carbocycles. The molecule has 0 N–H and O–H groups in total. The topological polar surface area (TPSA) is 3.24 Å². The second kappa shape index (κ2) is 8.46. The van der Waals surface area contributed by atoms with E-state index >= 15 is 0 Å². The van der Waals surface area contributed by atoms with Crippen LogP contribution in [0.15, 0.2) is 24.3 Å². The predicted octanol–water partition coefficient (Wildman–Crippen LogP) is 5.36. The average molecular weight is 273 g/mol. The molecule has 1 nitrogen and oxygen atoms in total. The van der Waals surface area contributed by atoms with Crippen molar-refractivity contribution in [3.63, 3.8) is 0 Å². The van der Waals surface area contributed by atoms with Crippen LogP contribution in [-0.4, -0.2) is 18.0 Å². The van der Waals surface area contributed by atoms with Gasteiger partial charge in [-0.15, -0.1) is 0 Å². The fraction of sp³-hybridized carbons (Fsp3) is 0.684. The minimum absolute atomic E-state index is 0.684. The lowest BCUT2D eigenvalue weighted by Gasteiger charge is -2.37. The summed E-state index contributed by atoms with van der Waals surface area (Å²) in [5.41, 5.74) is 3.21. The summed E-state index contributed by atoms with van der Waals surface area (Å²) in [6.45, 7) is 7.15. The minimum Gasteiger partial charge on any atom is -0.296 e. The van der Waals surface area contributed by atoms with E-state index in [1.807, 2.05) is 0 Å². The van der Waals surface area contributed by atoms with E-state index in [0.717, 1.165) is 0 Å². The lowest BCUT2D eigenvalue weighted by Crippen LogP contribution is -2.36. The molecule has 0 amide bonds. The van der Waals surface area contributed by atoms with E-state index in [0.29, 0.717) is 6.04 Å². The second-order valence-electron chi connectivity index (χ2n) is 6.20. The SMILES string of the molecule is CCCCCC1c2ccccc2CCN1CCCCC. The summed E-state index contributed by atoms with van der Waals surface area (Å²) < 4.78 is 0. The van der Waals surface area contributed by atoms with Crippen molar-refractivity contribution in [2.24, 2.45) is 0 Å². The maximum absolute atomic E-state index is 2.76. The Kier molecular flexibility index (Phi) is 6.59. The monoisotopic (exact) mass is 273 g/mol. The molecule has 1 aliphatic heterocycles. The zero-order chi connectivity index (χ0) is 14.2. The lowest BCUT2D eigenvalue weighted by molar-refractivity contribution is 0.169. The Labute approximate surface area is 125 Å². The summed E-state index contributed by atoms with van der Waals surface area (Å²) in [5, 5.41) is 0. The van der Waals surface area contributed by atoms with Crippen molar-refractivity contribution in [3.05, 3.63) is 35.4 Å². The van der Waals surface area contributed by atoms with Crippen molar-refractivity contribution in [3.8, 4) is 0 Å². The smallest absolute Gasteiger partial charge is 0.0350 e. The maximum atomic E-state index is 2.76. The molecule has 0 radical (unpaired) electrons. The van der Waals surface area contributed by atoms with E-state index in [9.17, 15) is 0 Å². The van der Waals surface area contributed by atoms with Crippen LogP contribution in [0.1, 0.15) is 76.0 Å². The van der Waals surface area contributed by atoms with E-state index in [4.69, 9.17) is 0 Å². The number of nitrogens with zero attached hydrogens (tertiary/aromatic N) is 1. The number of hydrogen-bond acceptors (Lipinski definition) is 1. The molecule has 0 fully saturated rings. The largest absolute Gasteiger partial charge is 0.296 e. The number of hydrogen-bond donors (Lipinski definition) is 0. The molecule has 20 heavy (non-hydrogen) atoms. The second-order valence-corrected chi connectivity index (χ2v) is 6.20. The molecule has 1 aromatic rings. The van der Waals surface area contributed by atoms with Gasteiger partial charge in [0.1, 0.15) is 0 Å². The van der Waals surface area contributed by atoms with Crippen LogP contribution in [0.3, 0.4) is 0 Å². The average Bonchev–Trinajstić information content (AvgIpc) is 2.49. The van der Waals surface area contributed by atoms with E-state index in [-0.39, 0.29) is 0 Å². The Morgan fingerprint density at radius 1 is 1.00 bits per heavy atom. The van der Waals surface area contributed by atoms with E-state index in [2.05, 4.69) is 43.0 Å². The predicted molar refractivity (Wildman–Crippen MR) is 88.1 cm³/mol. The highest BCUT2D eigenvalue weighted by Gasteiger charge is 2.25. The molecule has 1 aliphatic rings. The van der Waals surface area contributed by atoms with Gasteiger partial charge in [0.05, 0.1) is 0 Å². The van der Waals surface area contributed by atoms with E-state index in [1.165, 1.54) is 64.5 Å². The van der Waals surface area contributed by atoms with Crippen LogP contribution in [0.5, 0.6) is 0 Å². The van der Waals surface area contributed by atoms with Crippen LogP contribution < -0.4 is 0 Å². The molecular formula is C19H31N. The van der Waals surface area contributed by atoms with Gasteiger partial charge in [0.15, 0.2) is 0 Å². The van der Waals surface area contributed by atoms with Crippen molar-refractivity contribution in [1.29, 1.82) is 0 Å². The molecule has 1 unspecified atom stereocenters. The number of benzene rings is 1. The van der Waals surface area contributed by atoms with E-state index < -0.39 is 0 Å². The highest BCUT2D eigenvalue weighted by molar-refractivity contribution is 5.32. The molecule has 2 rings (SSSR count). The van der Waals surface area contributed by atoms with Crippen molar-refractivity contribution >= 4 is 0 Å². The zero-order valence-electron chi connectivity index (χ0n) is 13.4. The van der Waals surface area contributed by atoms with Gasteiger partial charge in [-0.1, -0.05) is 70.2 Å². The molecule has 112 valence electrons. The molecule has 0 aromatic heterocycles. The first-order chi connectivity index (χ1) is 9.86. The fourth-order valence-corrected chi connectivity index (χ4v) is 3.46. The molecule has 1 heteroatoms. The summed E-state index contributed by atoms with van der Waals surface area (Å²) in [6.07, 6.45) is 10.7. The quantitative estimate of drug-likeness (QED) is 0.577. The standard InChI is InChI=1S/C19H31N/c1-3-5-7-13-19-18-12-9-8-11-17(18)14-16-20(19)15-10-6-4-2/h8-9,11-12,19H,3-7,10,13-16H2,1-2H3. The molecule has 0 spiro atoms. The van der Waals surface area contributed by atoms with Crippen molar-refractivity contribution in [2.75, 3.05) is 13.1 Å². The van der Waals surface area contributed by atoms with Crippen LogP contribution in [0.4, 0.5) is 0 Å². The Morgan fingerprint density at radius 3 is 2.55 bits per heavy atom. The molecular weight excluding hydrogens is 242 g/mol. The summed E-state index contributed by atoms with van der Waals surface area (Å²) in [6, 6.07) is 9.82. The van der Waals surface area contributed by atoms with Crippen molar-refractivity contribution < 1.29 is 0 Å². The summed E-state index contributed by atoms with van der Waals surface area (Å²) in [5.74, 6) is 0. The Balaban J connectivity index is 2.04. The fourth-order valence-electron chi connectivity index (χ4n) is 3.46. The number of fused-ring (bicyclic) bond motifs is 1. The third kappa shape index (κ3) is 4.09. The summed E-state index contributed by atoms with van der Waals surface area (Å²) in [7, 11) is 0. The third-order valence-corrected chi connectivity index (χ3v) is 4.65. The van der Waals surface area contributed by atoms with Crippen LogP contribution in [-0.2, 0) is 6.42 Å². The van der Waals surface area contributed by atoms with E-state index in [1.54, 1.807) is 11.1 Å². The van der Waals surface area contributed by atoms with Gasteiger partial charge in [-0.05, 0) is 36.9 Å². The van der Waals surface area contributed by atoms with Gasteiger partial charge in [-0.25, -0.2) is 0 Å². The Hall–Kier alpha value is -0.820. The van der Waals surface area contributed by atoms with Crippen molar-refractivity contribution in [2.45, 2.75) is 71.3 Å². The Bertz CT molecular complexity index is 385. The number of rotatable bonds is 8. The maximum Gasteiger partial charge on any atom is 0.0350 e. The minimum atomic E-state index is 0.684. The summed E-state index contributed by atoms with van der Waals surface area (Å²) >= 11 is 0. The molecule has 1 atom stereocenters. The lowest BCUT2D eigenvalue weighted by atomic mass is 9.89. The van der Waals surface area contributed by atoms with Crippen LogP contribution in [0.25, 0.3) is 0 Å². The van der Waals surface area contributed by atoms with Gasteiger partial charge in [0.25, 0.3) is 0 Å². The normalized spacial score (nSPS) is 19.0. The van der Waals surface area contributed by atoms with Gasteiger partial charge in [0, 0.05) is 12.6 Å². The van der Waals surface area contributed by atoms with Gasteiger partial charge in [0.2, 0.25) is 0 Å².